The fraction of sp³-hybridized carbons (Fsp3) is 0.375. The molecule has 0 amide bonds. The van der Waals surface area contributed by atoms with Gasteiger partial charge in [0.25, 0.3) is 0 Å². The maximum Gasteiger partial charge on any atom is 0.146 e. The Morgan fingerprint density at radius 3 is 2.95 bits per heavy atom. The number of rotatable bonds is 7. The number of nitrogens with one attached hydrogen (secondary N) is 1. The van der Waals surface area contributed by atoms with Crippen LogP contribution in [-0.4, -0.2) is 6.54 Å². The van der Waals surface area contributed by atoms with E-state index >= 15 is 0 Å². The number of furan rings is 1. The van der Waals surface area contributed by atoms with Gasteiger partial charge < -0.3 is 14.5 Å². The molecule has 0 aliphatic rings. The zero-order valence-electron chi connectivity index (χ0n) is 11.9. The second kappa shape index (κ2) is 7.50. The molecule has 0 atom stereocenters. The lowest BCUT2D eigenvalue weighted by atomic mass is 10.2. The summed E-state index contributed by atoms with van der Waals surface area (Å²) in [4.78, 5) is 0. The molecule has 1 heterocycles. The number of benzene rings is 1. The molecule has 108 valence electrons. The minimum absolute atomic E-state index is 0.452. The molecule has 2 aromatic rings. The lowest BCUT2D eigenvalue weighted by Gasteiger charge is -2.09. The van der Waals surface area contributed by atoms with Crippen molar-refractivity contribution in [3.8, 4) is 5.75 Å². The van der Waals surface area contributed by atoms with Crippen LogP contribution >= 0.6 is 15.9 Å². The average molecular weight is 338 g/mol. The highest BCUT2D eigenvalue weighted by Gasteiger charge is 2.08. The third kappa shape index (κ3) is 4.12. The molecule has 1 aromatic heterocycles. The van der Waals surface area contributed by atoms with Crippen molar-refractivity contribution in [2.45, 2.75) is 33.4 Å². The Balaban J connectivity index is 1.97. The van der Waals surface area contributed by atoms with E-state index in [0.717, 1.165) is 46.6 Å². The summed E-state index contributed by atoms with van der Waals surface area (Å²) in [5.41, 5.74) is 2.27. The number of aryl methyl sites for hydroxylation is 1. The van der Waals surface area contributed by atoms with Gasteiger partial charge in [-0.05, 0) is 43.7 Å². The van der Waals surface area contributed by atoms with E-state index in [-0.39, 0.29) is 0 Å². The van der Waals surface area contributed by atoms with Gasteiger partial charge in [0, 0.05) is 16.6 Å². The second-order valence-corrected chi connectivity index (χ2v) is 5.66. The van der Waals surface area contributed by atoms with Crippen molar-refractivity contribution in [2.24, 2.45) is 0 Å². The number of hydrogen-bond acceptors (Lipinski definition) is 3. The van der Waals surface area contributed by atoms with Gasteiger partial charge in [0.05, 0.1) is 6.26 Å². The molecular weight excluding hydrogens is 318 g/mol. The van der Waals surface area contributed by atoms with Crippen LogP contribution in [0.2, 0.25) is 0 Å². The van der Waals surface area contributed by atoms with E-state index in [1.165, 1.54) is 0 Å². The van der Waals surface area contributed by atoms with Gasteiger partial charge in [0.1, 0.15) is 18.1 Å². The van der Waals surface area contributed by atoms with E-state index in [0.29, 0.717) is 6.61 Å². The van der Waals surface area contributed by atoms with Crippen LogP contribution in [0.25, 0.3) is 0 Å². The Morgan fingerprint density at radius 1 is 1.30 bits per heavy atom. The van der Waals surface area contributed by atoms with Crippen LogP contribution in [0.15, 0.2) is 39.4 Å². The first-order valence-corrected chi connectivity index (χ1v) is 7.65. The molecule has 0 unspecified atom stereocenters. The second-order valence-electron chi connectivity index (χ2n) is 4.74. The molecule has 1 N–H and O–H groups in total. The average Bonchev–Trinajstić information content (AvgIpc) is 2.88. The molecule has 0 spiro atoms. The Morgan fingerprint density at radius 2 is 2.15 bits per heavy atom. The summed E-state index contributed by atoms with van der Waals surface area (Å²) >= 11 is 3.46. The first-order chi connectivity index (χ1) is 9.70. The minimum atomic E-state index is 0.452. The fourth-order valence-corrected chi connectivity index (χ4v) is 2.26. The molecule has 0 bridgehead atoms. The molecule has 0 aliphatic carbocycles. The molecular formula is C16H20BrNO2. The zero-order valence-corrected chi connectivity index (χ0v) is 13.5. The molecule has 0 saturated heterocycles. The first-order valence-electron chi connectivity index (χ1n) is 6.85. The summed E-state index contributed by atoms with van der Waals surface area (Å²) in [7, 11) is 0. The van der Waals surface area contributed by atoms with Crippen LogP contribution in [0, 0.1) is 6.92 Å². The van der Waals surface area contributed by atoms with Gasteiger partial charge in [-0.3, -0.25) is 0 Å². The van der Waals surface area contributed by atoms with Gasteiger partial charge in [-0.15, -0.1) is 0 Å². The summed E-state index contributed by atoms with van der Waals surface area (Å²) < 4.78 is 12.4. The normalized spacial score (nSPS) is 10.8. The van der Waals surface area contributed by atoms with Crippen molar-refractivity contribution in [3.63, 3.8) is 0 Å². The third-order valence-corrected chi connectivity index (χ3v) is 3.58. The van der Waals surface area contributed by atoms with Gasteiger partial charge in [0.15, 0.2) is 0 Å². The van der Waals surface area contributed by atoms with Gasteiger partial charge in [-0.1, -0.05) is 28.9 Å². The van der Waals surface area contributed by atoms with Gasteiger partial charge in [-0.25, -0.2) is 0 Å². The first kappa shape index (κ1) is 15.1. The number of halogens is 1. The van der Waals surface area contributed by atoms with Crippen LogP contribution < -0.4 is 10.1 Å². The molecule has 0 saturated carbocycles. The summed E-state index contributed by atoms with van der Waals surface area (Å²) in [5.74, 6) is 1.76. The maximum atomic E-state index is 5.86. The Hall–Kier alpha value is -1.26. The van der Waals surface area contributed by atoms with E-state index in [1.54, 1.807) is 6.26 Å². The molecule has 4 heteroatoms. The highest BCUT2D eigenvalue weighted by atomic mass is 79.9. The largest absolute Gasteiger partial charge is 0.485 e. The third-order valence-electron chi connectivity index (χ3n) is 3.09. The maximum absolute atomic E-state index is 5.86. The topological polar surface area (TPSA) is 34.4 Å². The molecule has 0 aliphatic heterocycles. The van der Waals surface area contributed by atoms with Crippen LogP contribution in [0.5, 0.6) is 5.75 Å². The van der Waals surface area contributed by atoms with Gasteiger partial charge >= 0.3 is 0 Å². The monoisotopic (exact) mass is 337 g/mol. The SMILES string of the molecule is CCCNCc1ccoc1COc1cc(Br)ccc1C. The van der Waals surface area contributed by atoms with Crippen LogP contribution in [0.3, 0.4) is 0 Å². The van der Waals surface area contributed by atoms with E-state index in [1.807, 2.05) is 31.2 Å². The van der Waals surface area contributed by atoms with Crippen LogP contribution in [-0.2, 0) is 13.2 Å². The van der Waals surface area contributed by atoms with E-state index in [2.05, 4.69) is 28.2 Å². The zero-order chi connectivity index (χ0) is 14.4. The van der Waals surface area contributed by atoms with Crippen molar-refractivity contribution in [1.29, 1.82) is 0 Å². The quantitative estimate of drug-likeness (QED) is 0.759. The Labute approximate surface area is 128 Å². The van der Waals surface area contributed by atoms with Crippen molar-refractivity contribution < 1.29 is 9.15 Å². The van der Waals surface area contributed by atoms with Gasteiger partial charge in [0.2, 0.25) is 0 Å². The highest BCUT2D eigenvalue weighted by molar-refractivity contribution is 9.10. The predicted molar refractivity (Wildman–Crippen MR) is 83.9 cm³/mol. The Bertz CT molecular complexity index is 551. The summed E-state index contributed by atoms with van der Waals surface area (Å²) in [6.45, 7) is 6.47. The summed E-state index contributed by atoms with van der Waals surface area (Å²) in [5, 5.41) is 3.37. The van der Waals surface area contributed by atoms with E-state index in [9.17, 15) is 0 Å². The predicted octanol–water partition coefficient (Wildman–Crippen LogP) is 4.43. The van der Waals surface area contributed by atoms with Crippen LogP contribution in [0.4, 0.5) is 0 Å². The molecule has 1 aromatic carbocycles. The molecule has 0 fully saturated rings. The Kier molecular flexibility index (Phi) is 5.68. The lowest BCUT2D eigenvalue weighted by Crippen LogP contribution is -2.14. The molecule has 2 rings (SSSR count). The van der Waals surface area contributed by atoms with Crippen molar-refractivity contribution in [2.75, 3.05) is 6.54 Å². The van der Waals surface area contributed by atoms with Crippen molar-refractivity contribution >= 4 is 15.9 Å². The van der Waals surface area contributed by atoms with E-state index < -0.39 is 0 Å². The smallest absolute Gasteiger partial charge is 0.146 e. The standard InChI is InChI=1S/C16H20BrNO2/c1-3-7-18-10-13-6-8-19-16(13)11-20-15-9-14(17)5-4-12(15)2/h4-6,8-9,18H,3,7,10-11H2,1-2H3. The molecule has 20 heavy (non-hydrogen) atoms. The highest BCUT2D eigenvalue weighted by Crippen LogP contribution is 2.24. The number of ether oxygens (including phenoxy) is 1. The van der Waals surface area contributed by atoms with E-state index in [4.69, 9.17) is 9.15 Å². The lowest BCUT2D eigenvalue weighted by molar-refractivity contribution is 0.266. The van der Waals surface area contributed by atoms with Gasteiger partial charge in [-0.2, -0.15) is 0 Å². The summed E-state index contributed by atoms with van der Waals surface area (Å²) in [6, 6.07) is 8.02. The summed E-state index contributed by atoms with van der Waals surface area (Å²) in [6.07, 6.45) is 2.84. The molecule has 3 nitrogen and oxygen atoms in total. The van der Waals surface area contributed by atoms with Crippen LogP contribution in [0.1, 0.15) is 30.2 Å². The van der Waals surface area contributed by atoms with Crippen molar-refractivity contribution in [1.82, 2.24) is 5.32 Å². The fourth-order valence-electron chi connectivity index (χ4n) is 1.92. The molecule has 0 radical (unpaired) electrons. The minimum Gasteiger partial charge on any atom is -0.485 e. The number of hydrogen-bond donors (Lipinski definition) is 1. The van der Waals surface area contributed by atoms with Crippen molar-refractivity contribution in [3.05, 3.63) is 51.9 Å².